The molecule has 0 bridgehead atoms. The van der Waals surface area contributed by atoms with Gasteiger partial charge in [0.2, 0.25) is 0 Å². The molecule has 1 unspecified atom stereocenters. The molecular weight excluding hydrogens is 261 g/mol. The Morgan fingerprint density at radius 1 is 1.32 bits per heavy atom. The van der Waals surface area contributed by atoms with Crippen molar-refractivity contribution < 1.29 is 23.1 Å². The molecule has 1 heterocycles. The number of halogens is 3. The number of rotatable bonds is 3. The van der Waals surface area contributed by atoms with Gasteiger partial charge >= 0.3 is 12.2 Å². The van der Waals surface area contributed by atoms with Gasteiger partial charge in [-0.05, 0) is 32.6 Å². The zero-order valence-corrected chi connectivity index (χ0v) is 11.3. The number of alkyl halides is 3. The fraction of sp³-hybridized carbons (Fsp3) is 0.917. The summed E-state index contributed by atoms with van der Waals surface area (Å²) >= 11 is 0. The lowest BCUT2D eigenvalue weighted by Crippen LogP contribution is -2.49. The lowest BCUT2D eigenvalue weighted by Gasteiger charge is -2.37. The molecule has 2 amide bonds. The fourth-order valence-electron chi connectivity index (χ4n) is 2.37. The predicted octanol–water partition coefficient (Wildman–Crippen LogP) is 2.08. The molecule has 0 saturated carbocycles. The molecule has 1 N–H and O–H groups in total. The first-order valence-corrected chi connectivity index (χ1v) is 6.59. The van der Waals surface area contributed by atoms with E-state index in [0.29, 0.717) is 13.1 Å². The van der Waals surface area contributed by atoms with Gasteiger partial charge in [-0.3, -0.25) is 0 Å². The van der Waals surface area contributed by atoms with Crippen molar-refractivity contribution in [3.05, 3.63) is 0 Å². The van der Waals surface area contributed by atoms with Crippen LogP contribution >= 0.6 is 0 Å². The van der Waals surface area contributed by atoms with Crippen LogP contribution in [0.2, 0.25) is 0 Å². The first-order chi connectivity index (χ1) is 8.81. The number of urea groups is 1. The van der Waals surface area contributed by atoms with E-state index < -0.39 is 18.2 Å². The van der Waals surface area contributed by atoms with E-state index >= 15 is 0 Å². The minimum atomic E-state index is -4.57. The van der Waals surface area contributed by atoms with Crippen LogP contribution in [-0.2, 0) is 0 Å². The topological polar surface area (TPSA) is 43.8 Å². The quantitative estimate of drug-likeness (QED) is 0.861. The van der Waals surface area contributed by atoms with Gasteiger partial charge in [-0.25, -0.2) is 4.79 Å². The average Bonchev–Trinajstić information content (AvgIpc) is 2.38. The number of aliphatic hydroxyl groups is 1. The maximum Gasteiger partial charge on any atom is 0.414 e. The van der Waals surface area contributed by atoms with Crippen molar-refractivity contribution in [2.24, 2.45) is 5.92 Å². The first-order valence-electron chi connectivity index (χ1n) is 6.59. The maximum atomic E-state index is 12.4. The molecule has 0 radical (unpaired) electrons. The summed E-state index contributed by atoms with van der Waals surface area (Å²) in [6, 6.07) is -0.134. The Bertz CT molecular complexity index is 298. The summed E-state index contributed by atoms with van der Waals surface area (Å²) in [6.45, 7) is 5.43. The van der Waals surface area contributed by atoms with E-state index in [4.69, 9.17) is 0 Å². The van der Waals surface area contributed by atoms with Crippen LogP contribution < -0.4 is 0 Å². The monoisotopic (exact) mass is 282 g/mol. The molecule has 1 rings (SSSR count). The average molecular weight is 282 g/mol. The Kier molecular flexibility index (Phi) is 5.46. The Morgan fingerprint density at radius 2 is 1.79 bits per heavy atom. The summed E-state index contributed by atoms with van der Waals surface area (Å²) in [4.78, 5) is 15.2. The van der Waals surface area contributed by atoms with E-state index in [-0.39, 0.29) is 32.0 Å². The van der Waals surface area contributed by atoms with Crippen molar-refractivity contribution in [3.8, 4) is 0 Å². The van der Waals surface area contributed by atoms with Crippen molar-refractivity contribution in [2.75, 3.05) is 26.2 Å². The smallest absolute Gasteiger partial charge is 0.383 e. The Labute approximate surface area is 111 Å². The highest BCUT2D eigenvalue weighted by molar-refractivity contribution is 5.74. The lowest BCUT2D eigenvalue weighted by atomic mass is 9.91. The van der Waals surface area contributed by atoms with Crippen molar-refractivity contribution >= 4 is 6.03 Å². The van der Waals surface area contributed by atoms with Gasteiger partial charge < -0.3 is 14.9 Å². The number of aliphatic hydroxyl groups excluding tert-OH is 1. The molecule has 1 aliphatic heterocycles. The van der Waals surface area contributed by atoms with Crippen LogP contribution in [0.5, 0.6) is 0 Å². The number of piperidine rings is 1. The molecule has 112 valence electrons. The summed E-state index contributed by atoms with van der Waals surface area (Å²) in [7, 11) is 0. The SMILES string of the molecule is CCN(CC)C(=O)N1CCC(C(O)C(F)(F)F)CC1. The van der Waals surface area contributed by atoms with Gasteiger partial charge in [0, 0.05) is 26.2 Å². The number of hydrogen-bond acceptors (Lipinski definition) is 2. The van der Waals surface area contributed by atoms with Crippen molar-refractivity contribution in [1.29, 1.82) is 0 Å². The minimum absolute atomic E-state index is 0.134. The summed E-state index contributed by atoms with van der Waals surface area (Å²) in [5.74, 6) is -0.805. The number of carbonyl (C=O) groups excluding carboxylic acids is 1. The van der Waals surface area contributed by atoms with E-state index in [1.54, 1.807) is 9.80 Å². The fourth-order valence-corrected chi connectivity index (χ4v) is 2.37. The molecular formula is C12H21F3N2O2. The summed E-state index contributed by atoms with van der Waals surface area (Å²) in [6.07, 6.45) is -6.48. The van der Waals surface area contributed by atoms with Crippen LogP contribution in [0.15, 0.2) is 0 Å². The highest BCUT2D eigenvalue weighted by atomic mass is 19.4. The second kappa shape index (κ2) is 6.45. The molecule has 1 aliphatic rings. The number of amides is 2. The van der Waals surface area contributed by atoms with Crippen LogP contribution in [0.1, 0.15) is 26.7 Å². The number of hydrogen-bond donors (Lipinski definition) is 1. The molecule has 19 heavy (non-hydrogen) atoms. The lowest BCUT2D eigenvalue weighted by molar-refractivity contribution is -0.222. The number of nitrogens with zero attached hydrogens (tertiary/aromatic N) is 2. The Balaban J connectivity index is 2.51. The normalized spacial score (nSPS) is 19.4. The number of likely N-dealkylation sites (tertiary alicyclic amines) is 1. The number of carbonyl (C=O) groups is 1. The van der Waals surface area contributed by atoms with Gasteiger partial charge in [-0.15, -0.1) is 0 Å². The van der Waals surface area contributed by atoms with Crippen LogP contribution in [0, 0.1) is 5.92 Å². The predicted molar refractivity (Wildman–Crippen MR) is 64.7 cm³/mol. The van der Waals surface area contributed by atoms with Crippen LogP contribution in [0.4, 0.5) is 18.0 Å². The van der Waals surface area contributed by atoms with Gasteiger partial charge in [0.1, 0.15) is 0 Å². The minimum Gasteiger partial charge on any atom is -0.383 e. The van der Waals surface area contributed by atoms with Gasteiger partial charge in [-0.2, -0.15) is 13.2 Å². The second-order valence-electron chi connectivity index (χ2n) is 4.77. The second-order valence-corrected chi connectivity index (χ2v) is 4.77. The van der Waals surface area contributed by atoms with E-state index in [9.17, 15) is 23.1 Å². The molecule has 0 spiro atoms. The van der Waals surface area contributed by atoms with E-state index in [1.807, 2.05) is 13.8 Å². The van der Waals surface area contributed by atoms with Crippen LogP contribution in [0.25, 0.3) is 0 Å². The van der Waals surface area contributed by atoms with E-state index in [2.05, 4.69) is 0 Å². The van der Waals surface area contributed by atoms with Crippen molar-refractivity contribution in [2.45, 2.75) is 39.0 Å². The highest BCUT2D eigenvalue weighted by Crippen LogP contribution is 2.31. The zero-order valence-electron chi connectivity index (χ0n) is 11.3. The van der Waals surface area contributed by atoms with E-state index in [1.165, 1.54) is 0 Å². The third kappa shape index (κ3) is 3.99. The molecule has 1 saturated heterocycles. The molecule has 4 nitrogen and oxygen atoms in total. The largest absolute Gasteiger partial charge is 0.414 e. The van der Waals surface area contributed by atoms with Gasteiger partial charge in [0.15, 0.2) is 6.10 Å². The zero-order chi connectivity index (χ0) is 14.6. The molecule has 0 aromatic rings. The van der Waals surface area contributed by atoms with E-state index in [0.717, 1.165) is 0 Å². The molecule has 0 aromatic heterocycles. The summed E-state index contributed by atoms with van der Waals surface area (Å²) < 4.78 is 37.2. The van der Waals surface area contributed by atoms with Crippen LogP contribution in [0.3, 0.4) is 0 Å². The summed E-state index contributed by atoms with van der Waals surface area (Å²) in [5.41, 5.74) is 0. The van der Waals surface area contributed by atoms with Gasteiger partial charge in [0.25, 0.3) is 0 Å². The Hall–Kier alpha value is -0.980. The standard InChI is InChI=1S/C12H21F3N2O2/c1-3-16(4-2)11(19)17-7-5-9(6-8-17)10(18)12(13,14)15/h9-10,18H,3-8H2,1-2H3. The molecule has 1 fully saturated rings. The molecule has 0 aliphatic carbocycles. The molecule has 7 heteroatoms. The maximum absolute atomic E-state index is 12.4. The first kappa shape index (κ1) is 16.1. The third-order valence-corrected chi connectivity index (χ3v) is 3.63. The van der Waals surface area contributed by atoms with Crippen molar-refractivity contribution in [3.63, 3.8) is 0 Å². The highest BCUT2D eigenvalue weighted by Gasteiger charge is 2.44. The molecule has 0 aromatic carbocycles. The van der Waals surface area contributed by atoms with Gasteiger partial charge in [0.05, 0.1) is 0 Å². The van der Waals surface area contributed by atoms with Crippen molar-refractivity contribution in [1.82, 2.24) is 9.80 Å². The van der Waals surface area contributed by atoms with Crippen LogP contribution in [-0.4, -0.2) is 59.4 Å². The Morgan fingerprint density at radius 3 is 2.16 bits per heavy atom. The van der Waals surface area contributed by atoms with Gasteiger partial charge in [-0.1, -0.05) is 0 Å². The third-order valence-electron chi connectivity index (χ3n) is 3.63. The molecule has 1 atom stereocenters. The summed E-state index contributed by atoms with van der Waals surface area (Å²) in [5, 5.41) is 9.20.